The molecule has 1 fully saturated rings. The van der Waals surface area contributed by atoms with Gasteiger partial charge in [-0.25, -0.2) is 0 Å². The van der Waals surface area contributed by atoms with E-state index < -0.39 is 0 Å². The molecule has 0 saturated carbocycles. The Hall–Kier alpha value is -0.770. The van der Waals surface area contributed by atoms with E-state index in [2.05, 4.69) is 18.0 Å². The zero-order chi connectivity index (χ0) is 12.3. The lowest BCUT2D eigenvalue weighted by Crippen LogP contribution is -2.37. The third-order valence-electron chi connectivity index (χ3n) is 3.38. The van der Waals surface area contributed by atoms with Crippen LogP contribution in [0.4, 0.5) is 5.69 Å². The molecule has 0 aliphatic carbocycles. The van der Waals surface area contributed by atoms with E-state index in [1.54, 1.807) is 0 Å². The maximum atomic E-state index is 5.99. The fourth-order valence-corrected chi connectivity index (χ4v) is 2.53. The molecule has 1 saturated heterocycles. The minimum Gasteiger partial charge on any atom is -0.381 e. The Morgan fingerprint density at radius 3 is 2.76 bits per heavy atom. The first-order chi connectivity index (χ1) is 8.22. The molecule has 0 bridgehead atoms. The van der Waals surface area contributed by atoms with Gasteiger partial charge in [-0.3, -0.25) is 0 Å². The summed E-state index contributed by atoms with van der Waals surface area (Å²) in [5.74, 6) is 0. The number of rotatable bonds is 3. The average Bonchev–Trinajstić information content (AvgIpc) is 2.39. The summed E-state index contributed by atoms with van der Waals surface area (Å²) in [4.78, 5) is 2.31. The van der Waals surface area contributed by atoms with E-state index in [1.165, 1.54) is 5.69 Å². The lowest BCUT2D eigenvalue weighted by molar-refractivity contribution is 0.0854. The minimum absolute atomic E-state index is 0.517. The number of benzene rings is 1. The lowest BCUT2D eigenvalue weighted by atomic mass is 10.0. The van der Waals surface area contributed by atoms with Gasteiger partial charge < -0.3 is 15.4 Å². The van der Waals surface area contributed by atoms with Crippen molar-refractivity contribution in [1.82, 2.24) is 0 Å². The number of nitrogens with two attached hydrogens (primary N) is 1. The summed E-state index contributed by atoms with van der Waals surface area (Å²) in [6.07, 6.45) is 2.15. The van der Waals surface area contributed by atoms with Gasteiger partial charge in [-0.15, -0.1) is 0 Å². The highest BCUT2D eigenvalue weighted by molar-refractivity contribution is 6.30. The van der Waals surface area contributed by atoms with Crippen LogP contribution in [0.3, 0.4) is 0 Å². The standard InChI is InChI=1S/C13H19ClN2O/c1-16(12-4-6-17-7-5-12)13-3-2-11(14)8-10(13)9-15/h2-3,8,12H,4-7,9,15H2,1H3. The predicted molar refractivity (Wildman–Crippen MR) is 71.6 cm³/mol. The van der Waals surface area contributed by atoms with Crippen LogP contribution in [0, 0.1) is 0 Å². The van der Waals surface area contributed by atoms with Crippen LogP contribution in [0.1, 0.15) is 18.4 Å². The number of nitrogens with zero attached hydrogens (tertiary/aromatic N) is 1. The van der Waals surface area contributed by atoms with Gasteiger partial charge in [0.2, 0.25) is 0 Å². The first-order valence-electron chi connectivity index (χ1n) is 6.01. The Balaban J connectivity index is 2.19. The SMILES string of the molecule is CN(c1ccc(Cl)cc1CN)C1CCOCC1. The molecule has 1 aliphatic heterocycles. The molecule has 17 heavy (non-hydrogen) atoms. The van der Waals surface area contributed by atoms with Crippen molar-refractivity contribution >= 4 is 17.3 Å². The van der Waals surface area contributed by atoms with E-state index in [4.69, 9.17) is 22.1 Å². The van der Waals surface area contributed by atoms with Crippen molar-refractivity contribution in [3.8, 4) is 0 Å². The van der Waals surface area contributed by atoms with E-state index >= 15 is 0 Å². The van der Waals surface area contributed by atoms with E-state index in [9.17, 15) is 0 Å². The van der Waals surface area contributed by atoms with Gasteiger partial charge >= 0.3 is 0 Å². The number of halogens is 1. The molecule has 0 amide bonds. The molecular weight excluding hydrogens is 236 g/mol. The van der Waals surface area contributed by atoms with Crippen LogP contribution in [0.15, 0.2) is 18.2 Å². The van der Waals surface area contributed by atoms with E-state index in [0.29, 0.717) is 12.6 Å². The van der Waals surface area contributed by atoms with Crippen molar-refractivity contribution in [2.75, 3.05) is 25.2 Å². The largest absolute Gasteiger partial charge is 0.381 e. The summed E-state index contributed by atoms with van der Waals surface area (Å²) in [6, 6.07) is 6.47. The van der Waals surface area contributed by atoms with Crippen molar-refractivity contribution < 1.29 is 4.74 Å². The predicted octanol–water partition coefficient (Wildman–Crippen LogP) is 2.41. The van der Waals surface area contributed by atoms with Gasteiger partial charge in [0.15, 0.2) is 0 Å². The molecule has 2 rings (SSSR count). The number of hydrogen-bond donors (Lipinski definition) is 1. The zero-order valence-electron chi connectivity index (χ0n) is 10.2. The Morgan fingerprint density at radius 2 is 2.12 bits per heavy atom. The van der Waals surface area contributed by atoms with Crippen molar-refractivity contribution in [3.63, 3.8) is 0 Å². The molecule has 1 aromatic rings. The second-order valence-corrected chi connectivity index (χ2v) is 4.87. The van der Waals surface area contributed by atoms with Crippen molar-refractivity contribution in [3.05, 3.63) is 28.8 Å². The van der Waals surface area contributed by atoms with Gasteiger partial charge in [-0.05, 0) is 36.6 Å². The van der Waals surface area contributed by atoms with E-state index in [-0.39, 0.29) is 0 Å². The first-order valence-corrected chi connectivity index (χ1v) is 6.39. The molecule has 0 unspecified atom stereocenters. The maximum Gasteiger partial charge on any atom is 0.0485 e. The molecule has 94 valence electrons. The highest BCUT2D eigenvalue weighted by Gasteiger charge is 2.20. The van der Waals surface area contributed by atoms with Crippen molar-refractivity contribution in [2.24, 2.45) is 5.73 Å². The molecule has 1 aliphatic rings. The second-order valence-electron chi connectivity index (χ2n) is 4.43. The minimum atomic E-state index is 0.517. The summed E-state index contributed by atoms with van der Waals surface area (Å²) in [5.41, 5.74) is 8.06. The van der Waals surface area contributed by atoms with Crippen LogP contribution in [0.5, 0.6) is 0 Å². The zero-order valence-corrected chi connectivity index (χ0v) is 10.9. The van der Waals surface area contributed by atoms with Crippen LogP contribution in [0.2, 0.25) is 5.02 Å². The van der Waals surface area contributed by atoms with Crippen LogP contribution in [-0.2, 0) is 11.3 Å². The highest BCUT2D eigenvalue weighted by Crippen LogP contribution is 2.27. The third kappa shape index (κ3) is 2.92. The Bertz CT molecular complexity index is 378. The summed E-state index contributed by atoms with van der Waals surface area (Å²) in [7, 11) is 2.12. The molecule has 0 spiro atoms. The lowest BCUT2D eigenvalue weighted by Gasteiger charge is -2.34. The van der Waals surface area contributed by atoms with E-state index in [1.807, 2.05) is 12.1 Å². The Kier molecular flexibility index (Phi) is 4.26. The molecule has 0 aromatic heterocycles. The smallest absolute Gasteiger partial charge is 0.0485 e. The average molecular weight is 255 g/mol. The van der Waals surface area contributed by atoms with Crippen LogP contribution in [0.25, 0.3) is 0 Å². The van der Waals surface area contributed by atoms with Crippen LogP contribution in [-0.4, -0.2) is 26.3 Å². The fourth-order valence-electron chi connectivity index (χ4n) is 2.33. The second kappa shape index (κ2) is 5.71. The normalized spacial score (nSPS) is 17.1. The van der Waals surface area contributed by atoms with Gasteiger partial charge in [0, 0.05) is 43.6 Å². The molecular formula is C13H19ClN2O. The third-order valence-corrected chi connectivity index (χ3v) is 3.62. The molecule has 4 heteroatoms. The Labute approximate surface area is 107 Å². The van der Waals surface area contributed by atoms with E-state index in [0.717, 1.165) is 36.6 Å². The fraction of sp³-hybridized carbons (Fsp3) is 0.538. The topological polar surface area (TPSA) is 38.5 Å². The maximum absolute atomic E-state index is 5.99. The molecule has 0 atom stereocenters. The Morgan fingerprint density at radius 1 is 1.41 bits per heavy atom. The summed E-state index contributed by atoms with van der Waals surface area (Å²) in [5, 5.41) is 0.745. The number of anilines is 1. The van der Waals surface area contributed by atoms with Gasteiger partial charge in [-0.2, -0.15) is 0 Å². The van der Waals surface area contributed by atoms with Crippen LogP contribution < -0.4 is 10.6 Å². The summed E-state index contributed by atoms with van der Waals surface area (Å²) >= 11 is 5.99. The van der Waals surface area contributed by atoms with Crippen molar-refractivity contribution in [2.45, 2.75) is 25.4 Å². The van der Waals surface area contributed by atoms with Crippen molar-refractivity contribution in [1.29, 1.82) is 0 Å². The summed E-state index contributed by atoms with van der Waals surface area (Å²) in [6.45, 7) is 2.21. The quantitative estimate of drug-likeness (QED) is 0.900. The molecule has 3 nitrogen and oxygen atoms in total. The van der Waals surface area contributed by atoms with Gasteiger partial charge in [0.25, 0.3) is 0 Å². The van der Waals surface area contributed by atoms with Gasteiger partial charge in [0.05, 0.1) is 0 Å². The highest BCUT2D eigenvalue weighted by atomic mass is 35.5. The number of ether oxygens (including phenoxy) is 1. The van der Waals surface area contributed by atoms with Crippen LogP contribution >= 0.6 is 11.6 Å². The molecule has 0 radical (unpaired) electrons. The first kappa shape index (κ1) is 12.7. The molecule has 1 aromatic carbocycles. The molecule has 1 heterocycles. The number of hydrogen-bond acceptors (Lipinski definition) is 3. The van der Waals surface area contributed by atoms with Gasteiger partial charge in [0.1, 0.15) is 0 Å². The molecule has 2 N–H and O–H groups in total. The monoisotopic (exact) mass is 254 g/mol. The summed E-state index contributed by atoms with van der Waals surface area (Å²) < 4.78 is 5.39. The van der Waals surface area contributed by atoms with Gasteiger partial charge in [-0.1, -0.05) is 11.6 Å².